The van der Waals surface area contributed by atoms with Gasteiger partial charge in [-0.1, -0.05) is 40.2 Å². The van der Waals surface area contributed by atoms with Crippen LogP contribution in [0.4, 0.5) is 0 Å². The highest BCUT2D eigenvalue weighted by atomic mass is 79.9. The van der Waals surface area contributed by atoms with E-state index in [1.165, 1.54) is 11.3 Å². The number of amides is 1. The highest BCUT2D eigenvalue weighted by molar-refractivity contribution is 9.11. The molecular weight excluding hydrogens is 412 g/mol. The summed E-state index contributed by atoms with van der Waals surface area (Å²) in [5, 5.41) is 5.86. The fraction of sp³-hybridized carbons (Fsp3) is 0.211. The number of benzene rings is 1. The lowest BCUT2D eigenvalue weighted by atomic mass is 9.93. The number of halogens is 1. The van der Waals surface area contributed by atoms with E-state index in [1.54, 1.807) is 6.20 Å². The van der Waals surface area contributed by atoms with Gasteiger partial charge in [0.2, 0.25) is 5.91 Å². The van der Waals surface area contributed by atoms with E-state index in [4.69, 9.17) is 0 Å². The number of nitrogens with zero attached hydrogens (tertiary/aromatic N) is 3. The number of aromatic nitrogens is 3. The average molecular weight is 429 g/mol. The second-order valence-electron chi connectivity index (χ2n) is 6.44. The highest BCUT2D eigenvalue weighted by Crippen LogP contribution is 2.27. The van der Waals surface area contributed by atoms with Crippen LogP contribution >= 0.6 is 27.3 Å². The predicted molar refractivity (Wildman–Crippen MR) is 108 cm³/mol. The zero-order valence-electron chi connectivity index (χ0n) is 14.1. The van der Waals surface area contributed by atoms with E-state index in [1.807, 2.05) is 53.3 Å². The molecular formula is C19H17BrN4OS. The number of hydrogen-bond acceptors (Lipinski definition) is 4. The third kappa shape index (κ3) is 3.37. The van der Waals surface area contributed by atoms with Crippen molar-refractivity contribution in [2.24, 2.45) is 0 Å². The second kappa shape index (κ2) is 6.81. The Morgan fingerprint density at radius 2 is 2.27 bits per heavy atom. The molecule has 0 bridgehead atoms. The van der Waals surface area contributed by atoms with Crippen LogP contribution in [-0.4, -0.2) is 26.0 Å². The molecule has 2 heterocycles. The van der Waals surface area contributed by atoms with E-state index < -0.39 is 0 Å². The molecule has 0 saturated heterocycles. The number of nitrogens with one attached hydrogen (secondary N) is 1. The number of hydrogen-bond donors (Lipinski definition) is 1. The number of carbonyl (C=O) groups excluding carboxylic acids is 1. The van der Waals surface area contributed by atoms with E-state index in [0.717, 1.165) is 32.8 Å². The number of carbonyl (C=O) groups is 1. The van der Waals surface area contributed by atoms with Gasteiger partial charge in [0.05, 0.1) is 16.6 Å². The molecule has 26 heavy (non-hydrogen) atoms. The van der Waals surface area contributed by atoms with Crippen LogP contribution in [0.1, 0.15) is 13.3 Å². The Balaban J connectivity index is 1.63. The molecule has 0 radical (unpaired) electrons. The van der Waals surface area contributed by atoms with Crippen LogP contribution in [0.3, 0.4) is 0 Å². The summed E-state index contributed by atoms with van der Waals surface area (Å²) in [5.41, 5.74) is 1.41. The van der Waals surface area contributed by atoms with Gasteiger partial charge in [-0.3, -0.25) is 4.79 Å². The first-order valence-electron chi connectivity index (χ1n) is 8.25. The first-order chi connectivity index (χ1) is 12.5. The Labute approximate surface area is 163 Å². The van der Waals surface area contributed by atoms with Crippen LogP contribution < -0.4 is 5.32 Å². The maximum absolute atomic E-state index is 12.8. The van der Waals surface area contributed by atoms with Gasteiger partial charge in [0.1, 0.15) is 6.54 Å². The van der Waals surface area contributed by atoms with Gasteiger partial charge >= 0.3 is 0 Å². The van der Waals surface area contributed by atoms with Crippen molar-refractivity contribution in [2.45, 2.75) is 25.4 Å². The number of allylic oxidation sites excluding steroid dienone is 2. The third-order valence-electron chi connectivity index (χ3n) is 4.34. The average Bonchev–Trinajstić information content (AvgIpc) is 3.26. The van der Waals surface area contributed by atoms with Crippen molar-refractivity contribution in [1.29, 1.82) is 0 Å². The SMILES string of the molecule is CC1(NC(=O)Cn2c(-c3nccs3)nc3ccccc32)C=CC(Br)=CC1. The van der Waals surface area contributed by atoms with Gasteiger partial charge in [0.15, 0.2) is 10.8 Å². The maximum atomic E-state index is 12.8. The summed E-state index contributed by atoms with van der Waals surface area (Å²) < 4.78 is 2.97. The molecule has 0 spiro atoms. The van der Waals surface area contributed by atoms with Gasteiger partial charge in [-0.25, -0.2) is 9.97 Å². The molecule has 1 aliphatic carbocycles. The fourth-order valence-electron chi connectivity index (χ4n) is 3.04. The molecule has 1 unspecified atom stereocenters. The van der Waals surface area contributed by atoms with Gasteiger partial charge in [0.25, 0.3) is 0 Å². The quantitative estimate of drug-likeness (QED) is 0.674. The zero-order valence-corrected chi connectivity index (χ0v) is 16.5. The third-order valence-corrected chi connectivity index (χ3v) is 5.69. The number of rotatable bonds is 4. The maximum Gasteiger partial charge on any atom is 0.240 e. The van der Waals surface area contributed by atoms with Crippen LogP contribution in [0.25, 0.3) is 21.9 Å². The summed E-state index contributed by atoms with van der Waals surface area (Å²) >= 11 is 4.97. The Hall–Kier alpha value is -2.25. The van der Waals surface area contributed by atoms with E-state index in [9.17, 15) is 4.79 Å². The van der Waals surface area contributed by atoms with Gasteiger partial charge in [-0.15, -0.1) is 11.3 Å². The smallest absolute Gasteiger partial charge is 0.240 e. The standard InChI is InChI=1S/C19H17BrN4OS/c1-19(8-6-13(20)7-9-19)23-16(25)12-24-15-5-3-2-4-14(15)22-17(24)18-21-10-11-26-18/h2-8,10-11H,9,12H2,1H3,(H,23,25). The predicted octanol–water partition coefficient (Wildman–Crippen LogP) is 4.27. The lowest BCUT2D eigenvalue weighted by molar-refractivity contribution is -0.122. The molecule has 5 nitrogen and oxygen atoms in total. The Kier molecular flexibility index (Phi) is 4.50. The molecule has 132 valence electrons. The minimum atomic E-state index is -0.383. The van der Waals surface area contributed by atoms with Gasteiger partial charge in [0, 0.05) is 16.1 Å². The summed E-state index contributed by atoms with van der Waals surface area (Å²) in [5.74, 6) is 0.674. The van der Waals surface area contributed by atoms with Gasteiger partial charge in [-0.2, -0.15) is 0 Å². The second-order valence-corrected chi connectivity index (χ2v) is 8.25. The summed E-state index contributed by atoms with van der Waals surface area (Å²) in [4.78, 5) is 21.8. The van der Waals surface area contributed by atoms with E-state index in [0.29, 0.717) is 0 Å². The van der Waals surface area contributed by atoms with Crippen molar-refractivity contribution >= 4 is 44.2 Å². The number of thiazole rings is 1. The Morgan fingerprint density at radius 3 is 3.00 bits per heavy atom. The van der Waals surface area contributed by atoms with Crippen molar-refractivity contribution in [1.82, 2.24) is 19.9 Å². The molecule has 3 aromatic rings. The first-order valence-corrected chi connectivity index (χ1v) is 9.92. The Bertz CT molecular complexity index is 1020. The van der Waals surface area contributed by atoms with Crippen LogP contribution in [0, 0.1) is 0 Å². The summed E-state index contributed by atoms with van der Waals surface area (Å²) in [6.07, 6.45) is 8.55. The van der Waals surface area contributed by atoms with Crippen LogP contribution in [0.15, 0.2) is 58.6 Å². The minimum absolute atomic E-state index is 0.0514. The van der Waals surface area contributed by atoms with Crippen molar-refractivity contribution in [3.05, 3.63) is 58.6 Å². The molecule has 2 aromatic heterocycles. The van der Waals surface area contributed by atoms with Crippen molar-refractivity contribution < 1.29 is 4.79 Å². The van der Waals surface area contributed by atoms with Gasteiger partial charge < -0.3 is 9.88 Å². The highest BCUT2D eigenvalue weighted by Gasteiger charge is 2.25. The van der Waals surface area contributed by atoms with Crippen LogP contribution in [0.2, 0.25) is 0 Å². The molecule has 0 fully saturated rings. The molecule has 1 atom stereocenters. The molecule has 1 N–H and O–H groups in total. The van der Waals surface area contributed by atoms with Crippen molar-refractivity contribution in [2.75, 3.05) is 0 Å². The lowest BCUT2D eigenvalue weighted by Crippen LogP contribution is -2.46. The first kappa shape index (κ1) is 17.2. The normalized spacial score (nSPS) is 19.5. The molecule has 4 rings (SSSR count). The molecule has 7 heteroatoms. The zero-order chi connectivity index (χ0) is 18.1. The van der Waals surface area contributed by atoms with E-state index >= 15 is 0 Å². The molecule has 1 aliphatic rings. The summed E-state index contributed by atoms with van der Waals surface area (Å²) in [6.45, 7) is 2.22. The van der Waals surface area contributed by atoms with Crippen molar-refractivity contribution in [3.63, 3.8) is 0 Å². The monoisotopic (exact) mass is 428 g/mol. The minimum Gasteiger partial charge on any atom is -0.346 e. The molecule has 1 aromatic carbocycles. The molecule has 0 aliphatic heterocycles. The number of imidazole rings is 1. The molecule has 0 saturated carbocycles. The van der Waals surface area contributed by atoms with Crippen LogP contribution in [0.5, 0.6) is 0 Å². The molecule has 1 amide bonds. The summed E-state index contributed by atoms with van der Waals surface area (Å²) in [6, 6.07) is 7.84. The van der Waals surface area contributed by atoms with Gasteiger partial charge in [-0.05, 0) is 31.6 Å². The van der Waals surface area contributed by atoms with Crippen molar-refractivity contribution in [3.8, 4) is 10.8 Å². The van der Waals surface area contributed by atoms with E-state index in [-0.39, 0.29) is 18.0 Å². The fourth-order valence-corrected chi connectivity index (χ4v) is 3.96. The lowest BCUT2D eigenvalue weighted by Gasteiger charge is -2.28. The van der Waals surface area contributed by atoms with E-state index in [2.05, 4.69) is 37.3 Å². The summed E-state index contributed by atoms with van der Waals surface area (Å²) in [7, 11) is 0. The number of para-hydroxylation sites is 2. The van der Waals surface area contributed by atoms with Crippen LogP contribution in [-0.2, 0) is 11.3 Å². The topological polar surface area (TPSA) is 59.8 Å². The Morgan fingerprint density at radius 1 is 1.42 bits per heavy atom. The largest absolute Gasteiger partial charge is 0.346 e. The number of fused-ring (bicyclic) bond motifs is 1.